The van der Waals surface area contributed by atoms with Crippen molar-refractivity contribution in [1.82, 2.24) is 4.90 Å². The Kier molecular flexibility index (Phi) is 3.82. The minimum Gasteiger partial charge on any atom is -0.372 e. The summed E-state index contributed by atoms with van der Waals surface area (Å²) in [6, 6.07) is 8.37. The lowest BCUT2D eigenvalue weighted by atomic mass is 10.1. The van der Waals surface area contributed by atoms with E-state index in [9.17, 15) is 9.59 Å². The largest absolute Gasteiger partial charge is 0.372 e. The van der Waals surface area contributed by atoms with Gasteiger partial charge in [-0.25, -0.2) is 0 Å². The van der Waals surface area contributed by atoms with E-state index in [1.807, 2.05) is 0 Å². The highest BCUT2D eigenvalue weighted by molar-refractivity contribution is 5.88. The number of likely N-dealkylation sites (tertiary alicyclic amines) is 1. The van der Waals surface area contributed by atoms with E-state index >= 15 is 0 Å². The van der Waals surface area contributed by atoms with Gasteiger partial charge in [0.1, 0.15) is 0 Å². The summed E-state index contributed by atoms with van der Waals surface area (Å²) in [5.41, 5.74) is 7.62. The lowest BCUT2D eigenvalue weighted by Gasteiger charge is -2.19. The molecule has 1 aromatic rings. The quantitative estimate of drug-likeness (QED) is 0.902. The number of benzene rings is 1. The highest BCUT2D eigenvalue weighted by atomic mass is 16.2. The molecule has 2 amide bonds. The number of hydrogen-bond donors (Lipinski definition) is 1. The molecule has 2 fully saturated rings. The minimum atomic E-state index is -0.379. The van der Waals surface area contributed by atoms with Gasteiger partial charge in [0.2, 0.25) is 11.8 Å². The zero-order valence-electron chi connectivity index (χ0n) is 12.1. The van der Waals surface area contributed by atoms with Gasteiger partial charge in [-0.3, -0.25) is 9.59 Å². The molecule has 0 radical (unpaired) electrons. The molecule has 21 heavy (non-hydrogen) atoms. The summed E-state index contributed by atoms with van der Waals surface area (Å²) in [6.45, 7) is 3.26. The Balaban J connectivity index is 1.62. The molecular formula is C16H21N3O2. The van der Waals surface area contributed by atoms with E-state index < -0.39 is 0 Å². The molecule has 5 heteroatoms. The normalized spacial score (nSPS) is 22.1. The van der Waals surface area contributed by atoms with Gasteiger partial charge in [0.15, 0.2) is 0 Å². The third kappa shape index (κ3) is 3.01. The number of hydrogen-bond acceptors (Lipinski definition) is 3. The molecule has 2 heterocycles. The average molecular weight is 287 g/mol. The highest BCUT2D eigenvalue weighted by Crippen LogP contribution is 2.23. The van der Waals surface area contributed by atoms with Gasteiger partial charge in [0, 0.05) is 38.3 Å². The standard InChI is InChI=1S/C16H21N3O2/c17-16(21)13-9-15(20)19(11-13)10-12-3-5-14(6-4-12)18-7-1-2-8-18/h3-6,13H,1-2,7-11H2,(H2,17,21). The lowest BCUT2D eigenvalue weighted by molar-refractivity contribution is -0.128. The first kappa shape index (κ1) is 13.9. The van der Waals surface area contributed by atoms with Gasteiger partial charge in [0.25, 0.3) is 0 Å². The van der Waals surface area contributed by atoms with Gasteiger partial charge < -0.3 is 15.5 Å². The zero-order valence-corrected chi connectivity index (χ0v) is 12.1. The number of rotatable bonds is 4. The first-order chi connectivity index (χ1) is 10.1. The van der Waals surface area contributed by atoms with Crippen molar-refractivity contribution in [3.05, 3.63) is 29.8 Å². The summed E-state index contributed by atoms with van der Waals surface area (Å²) in [4.78, 5) is 27.2. The molecule has 1 atom stereocenters. The summed E-state index contributed by atoms with van der Waals surface area (Å²) in [5.74, 6) is -0.695. The predicted molar refractivity (Wildman–Crippen MR) is 80.6 cm³/mol. The van der Waals surface area contributed by atoms with Crippen LogP contribution >= 0.6 is 0 Å². The van der Waals surface area contributed by atoms with E-state index in [-0.39, 0.29) is 24.2 Å². The SMILES string of the molecule is NC(=O)C1CC(=O)N(Cc2ccc(N3CCCC3)cc2)C1. The van der Waals surface area contributed by atoms with Crippen molar-refractivity contribution in [1.29, 1.82) is 0 Å². The van der Waals surface area contributed by atoms with E-state index in [0.717, 1.165) is 18.7 Å². The molecule has 0 saturated carbocycles. The fourth-order valence-electron chi connectivity index (χ4n) is 3.12. The van der Waals surface area contributed by atoms with Crippen LogP contribution in [-0.4, -0.2) is 36.3 Å². The third-order valence-electron chi connectivity index (χ3n) is 4.40. The fourth-order valence-corrected chi connectivity index (χ4v) is 3.12. The maximum atomic E-state index is 11.9. The van der Waals surface area contributed by atoms with Gasteiger partial charge in [-0.05, 0) is 30.5 Å². The minimum absolute atomic E-state index is 0.0161. The number of primary amides is 1. The fraction of sp³-hybridized carbons (Fsp3) is 0.500. The van der Waals surface area contributed by atoms with Crippen molar-refractivity contribution < 1.29 is 9.59 Å². The summed E-state index contributed by atoms with van der Waals surface area (Å²) in [5, 5.41) is 0. The first-order valence-electron chi connectivity index (χ1n) is 7.54. The van der Waals surface area contributed by atoms with Crippen LogP contribution in [0.5, 0.6) is 0 Å². The number of nitrogens with zero attached hydrogens (tertiary/aromatic N) is 2. The van der Waals surface area contributed by atoms with E-state index in [0.29, 0.717) is 13.1 Å². The van der Waals surface area contributed by atoms with Gasteiger partial charge in [-0.2, -0.15) is 0 Å². The summed E-state index contributed by atoms with van der Waals surface area (Å²) >= 11 is 0. The number of amides is 2. The molecule has 112 valence electrons. The molecule has 0 bridgehead atoms. The Morgan fingerprint density at radius 3 is 2.43 bits per heavy atom. The Morgan fingerprint density at radius 1 is 1.19 bits per heavy atom. The molecule has 1 aromatic carbocycles. The second kappa shape index (κ2) is 5.76. The monoisotopic (exact) mass is 287 g/mol. The summed E-state index contributed by atoms with van der Waals surface area (Å²) < 4.78 is 0. The maximum Gasteiger partial charge on any atom is 0.223 e. The molecule has 5 nitrogen and oxygen atoms in total. The zero-order chi connectivity index (χ0) is 14.8. The predicted octanol–water partition coefficient (Wildman–Crippen LogP) is 1.12. The molecule has 2 aliphatic rings. The molecule has 2 N–H and O–H groups in total. The van der Waals surface area contributed by atoms with Crippen LogP contribution in [-0.2, 0) is 16.1 Å². The molecular weight excluding hydrogens is 266 g/mol. The molecule has 3 rings (SSSR count). The second-order valence-electron chi connectivity index (χ2n) is 5.94. The van der Waals surface area contributed by atoms with E-state index in [1.165, 1.54) is 18.5 Å². The number of carbonyl (C=O) groups is 2. The van der Waals surface area contributed by atoms with Crippen LogP contribution < -0.4 is 10.6 Å². The molecule has 2 aliphatic heterocycles. The van der Waals surface area contributed by atoms with Crippen LogP contribution in [0.3, 0.4) is 0 Å². The van der Waals surface area contributed by atoms with Gasteiger partial charge in [-0.1, -0.05) is 12.1 Å². The topological polar surface area (TPSA) is 66.6 Å². The Hall–Kier alpha value is -2.04. The number of nitrogens with two attached hydrogens (primary N) is 1. The Morgan fingerprint density at radius 2 is 1.86 bits per heavy atom. The number of anilines is 1. The van der Waals surface area contributed by atoms with Crippen LogP contribution in [0.25, 0.3) is 0 Å². The van der Waals surface area contributed by atoms with Crippen molar-refractivity contribution in [3.63, 3.8) is 0 Å². The Bertz CT molecular complexity index is 535. The molecule has 1 unspecified atom stereocenters. The van der Waals surface area contributed by atoms with E-state index in [1.54, 1.807) is 4.90 Å². The van der Waals surface area contributed by atoms with Gasteiger partial charge >= 0.3 is 0 Å². The third-order valence-corrected chi connectivity index (χ3v) is 4.40. The first-order valence-corrected chi connectivity index (χ1v) is 7.54. The summed E-state index contributed by atoms with van der Waals surface area (Å²) in [6.07, 6.45) is 2.78. The maximum absolute atomic E-state index is 11.9. The summed E-state index contributed by atoms with van der Waals surface area (Å²) in [7, 11) is 0. The van der Waals surface area contributed by atoms with Crippen LogP contribution in [0.1, 0.15) is 24.8 Å². The van der Waals surface area contributed by atoms with E-state index in [2.05, 4.69) is 29.2 Å². The molecule has 0 spiro atoms. The molecule has 0 aliphatic carbocycles. The Labute approximate surface area is 124 Å². The van der Waals surface area contributed by atoms with E-state index in [4.69, 9.17) is 5.73 Å². The second-order valence-corrected chi connectivity index (χ2v) is 5.94. The smallest absolute Gasteiger partial charge is 0.223 e. The van der Waals surface area contributed by atoms with Crippen LogP contribution in [0, 0.1) is 5.92 Å². The number of carbonyl (C=O) groups excluding carboxylic acids is 2. The van der Waals surface area contributed by atoms with Crippen molar-refractivity contribution in [2.45, 2.75) is 25.8 Å². The average Bonchev–Trinajstić information content (AvgIpc) is 3.10. The van der Waals surface area contributed by atoms with Crippen LogP contribution in [0.15, 0.2) is 24.3 Å². The van der Waals surface area contributed by atoms with Gasteiger partial charge in [0.05, 0.1) is 5.92 Å². The van der Waals surface area contributed by atoms with Crippen molar-refractivity contribution >= 4 is 17.5 Å². The highest BCUT2D eigenvalue weighted by Gasteiger charge is 2.32. The van der Waals surface area contributed by atoms with Crippen molar-refractivity contribution in [2.75, 3.05) is 24.5 Å². The van der Waals surface area contributed by atoms with Crippen molar-refractivity contribution in [3.8, 4) is 0 Å². The van der Waals surface area contributed by atoms with Crippen molar-refractivity contribution in [2.24, 2.45) is 11.7 Å². The molecule has 2 saturated heterocycles. The molecule has 0 aromatic heterocycles. The van der Waals surface area contributed by atoms with Gasteiger partial charge in [-0.15, -0.1) is 0 Å². The van der Waals surface area contributed by atoms with Crippen LogP contribution in [0.2, 0.25) is 0 Å². The van der Waals surface area contributed by atoms with Crippen LogP contribution in [0.4, 0.5) is 5.69 Å². The lowest BCUT2D eigenvalue weighted by Crippen LogP contribution is -2.28.